The van der Waals surface area contributed by atoms with Crippen molar-refractivity contribution in [3.05, 3.63) is 18.2 Å². The summed E-state index contributed by atoms with van der Waals surface area (Å²) >= 11 is 0. The van der Waals surface area contributed by atoms with E-state index in [2.05, 4.69) is 46.6 Å². The number of aryl methyl sites for hydroxylation is 1. The molecule has 1 aromatic heterocycles. The fourth-order valence-electron chi connectivity index (χ4n) is 3.96. The molecule has 1 amide bonds. The first-order chi connectivity index (χ1) is 12.5. The molecule has 0 aromatic carbocycles. The van der Waals surface area contributed by atoms with Crippen LogP contribution < -0.4 is 0 Å². The zero-order valence-corrected chi connectivity index (χ0v) is 16.5. The van der Waals surface area contributed by atoms with Crippen LogP contribution in [-0.4, -0.2) is 82.8 Å². The minimum atomic E-state index is -0.273. The van der Waals surface area contributed by atoms with Crippen molar-refractivity contribution in [2.75, 3.05) is 46.8 Å². The van der Waals surface area contributed by atoms with Gasteiger partial charge in [0, 0.05) is 51.4 Å². The molecule has 1 spiro atoms. The van der Waals surface area contributed by atoms with Crippen LogP contribution in [0.5, 0.6) is 0 Å². The minimum absolute atomic E-state index is 0.129. The van der Waals surface area contributed by atoms with Crippen LogP contribution in [0.3, 0.4) is 0 Å². The summed E-state index contributed by atoms with van der Waals surface area (Å²) in [6.45, 7) is 8.53. The normalized spacial score (nSPS) is 20.3. The molecule has 0 aliphatic carbocycles. The lowest BCUT2D eigenvalue weighted by Gasteiger charge is -2.37. The van der Waals surface area contributed by atoms with Crippen LogP contribution >= 0.6 is 0 Å². The van der Waals surface area contributed by atoms with E-state index >= 15 is 0 Å². The highest BCUT2D eigenvalue weighted by atomic mass is 16.6. The summed E-state index contributed by atoms with van der Waals surface area (Å²) in [6.07, 6.45) is 7.76. The van der Waals surface area contributed by atoms with E-state index in [0.717, 1.165) is 77.3 Å². The number of hydrogen-bond donors (Lipinski definition) is 0. The monoisotopic (exact) mass is 363 g/mol. The van der Waals surface area contributed by atoms with Crippen LogP contribution in [0.2, 0.25) is 0 Å². The number of amides is 1. The standard InChI is InChI=1S/C19H33N5O2/c1-4-9-23-14-8-20-17(23)15-22-12-6-19(7-13-22)16-24(18(25)26-19)11-5-10-21(2)3/h8,14H,4-7,9-13,15-16H2,1-3H3. The fourth-order valence-corrected chi connectivity index (χ4v) is 3.96. The van der Waals surface area contributed by atoms with Gasteiger partial charge in [-0.2, -0.15) is 0 Å². The van der Waals surface area contributed by atoms with Crippen molar-refractivity contribution in [2.45, 2.75) is 51.3 Å². The Bertz CT molecular complexity index is 593. The number of imidazole rings is 1. The molecule has 0 radical (unpaired) electrons. The van der Waals surface area contributed by atoms with Gasteiger partial charge in [0.2, 0.25) is 0 Å². The quantitative estimate of drug-likeness (QED) is 0.707. The van der Waals surface area contributed by atoms with Crippen LogP contribution in [-0.2, 0) is 17.8 Å². The smallest absolute Gasteiger partial charge is 0.410 e. The van der Waals surface area contributed by atoms with Crippen molar-refractivity contribution in [1.82, 2.24) is 24.3 Å². The summed E-state index contributed by atoms with van der Waals surface area (Å²) in [6, 6.07) is 0. The number of carbonyl (C=O) groups excluding carboxylic acids is 1. The molecule has 0 atom stereocenters. The molecule has 7 nitrogen and oxygen atoms in total. The summed E-state index contributed by atoms with van der Waals surface area (Å²) in [7, 11) is 4.12. The molecule has 26 heavy (non-hydrogen) atoms. The maximum atomic E-state index is 12.2. The van der Waals surface area contributed by atoms with Crippen molar-refractivity contribution in [1.29, 1.82) is 0 Å². The topological polar surface area (TPSA) is 53.8 Å². The van der Waals surface area contributed by atoms with Crippen LogP contribution in [0.1, 0.15) is 38.4 Å². The maximum absolute atomic E-state index is 12.2. The molecular weight excluding hydrogens is 330 g/mol. The van der Waals surface area contributed by atoms with Crippen molar-refractivity contribution in [2.24, 2.45) is 0 Å². The molecule has 2 fully saturated rings. The number of ether oxygens (including phenoxy) is 1. The number of piperidine rings is 1. The Morgan fingerprint density at radius 3 is 2.73 bits per heavy atom. The molecule has 7 heteroatoms. The predicted molar refractivity (Wildman–Crippen MR) is 101 cm³/mol. The molecule has 1 aromatic rings. The first-order valence-electron chi connectivity index (χ1n) is 9.86. The number of hydrogen-bond acceptors (Lipinski definition) is 5. The Balaban J connectivity index is 1.48. The van der Waals surface area contributed by atoms with Crippen molar-refractivity contribution < 1.29 is 9.53 Å². The summed E-state index contributed by atoms with van der Waals surface area (Å²) in [5.41, 5.74) is -0.273. The second kappa shape index (κ2) is 8.39. The van der Waals surface area contributed by atoms with Crippen LogP contribution in [0.25, 0.3) is 0 Å². The SMILES string of the molecule is CCCn1ccnc1CN1CCC2(CC1)CN(CCCN(C)C)C(=O)O2. The van der Waals surface area contributed by atoms with Crippen molar-refractivity contribution >= 4 is 6.09 Å². The van der Waals surface area contributed by atoms with E-state index in [9.17, 15) is 4.79 Å². The molecule has 0 unspecified atom stereocenters. The van der Waals surface area contributed by atoms with Crippen molar-refractivity contribution in [3.8, 4) is 0 Å². The zero-order chi connectivity index (χ0) is 18.6. The Kier molecular flexibility index (Phi) is 6.19. The number of carbonyl (C=O) groups is 1. The first kappa shape index (κ1) is 19.2. The van der Waals surface area contributed by atoms with Gasteiger partial charge >= 0.3 is 6.09 Å². The summed E-state index contributed by atoms with van der Waals surface area (Å²) in [5.74, 6) is 1.14. The first-order valence-corrected chi connectivity index (χ1v) is 9.86. The van der Waals surface area contributed by atoms with E-state index < -0.39 is 0 Å². The van der Waals surface area contributed by atoms with E-state index in [0.29, 0.717) is 0 Å². The lowest BCUT2D eigenvalue weighted by atomic mass is 9.91. The van der Waals surface area contributed by atoms with Gasteiger partial charge in [-0.1, -0.05) is 6.92 Å². The van der Waals surface area contributed by atoms with Gasteiger partial charge in [-0.15, -0.1) is 0 Å². The number of likely N-dealkylation sites (tertiary alicyclic amines) is 1. The van der Waals surface area contributed by atoms with Gasteiger partial charge in [-0.3, -0.25) is 4.90 Å². The Labute approximate surface area is 156 Å². The number of nitrogens with zero attached hydrogens (tertiary/aromatic N) is 5. The molecule has 3 heterocycles. The molecule has 146 valence electrons. The van der Waals surface area contributed by atoms with Crippen LogP contribution in [0, 0.1) is 0 Å². The van der Waals surface area contributed by atoms with Gasteiger partial charge in [0.1, 0.15) is 11.4 Å². The third-order valence-corrected chi connectivity index (χ3v) is 5.47. The van der Waals surface area contributed by atoms with Gasteiger partial charge < -0.3 is 19.1 Å². The Morgan fingerprint density at radius 2 is 2.04 bits per heavy atom. The van der Waals surface area contributed by atoms with Gasteiger partial charge in [-0.05, 0) is 33.5 Å². The average Bonchev–Trinajstić information content (AvgIpc) is 3.15. The molecule has 2 aliphatic heterocycles. The number of rotatable bonds is 8. The lowest BCUT2D eigenvalue weighted by Crippen LogP contribution is -2.46. The lowest BCUT2D eigenvalue weighted by molar-refractivity contribution is -0.00201. The summed E-state index contributed by atoms with van der Waals surface area (Å²) in [4.78, 5) is 23.2. The molecule has 2 aliphatic rings. The molecule has 3 rings (SSSR count). The fraction of sp³-hybridized carbons (Fsp3) is 0.789. The Morgan fingerprint density at radius 1 is 1.27 bits per heavy atom. The minimum Gasteiger partial charge on any atom is -0.441 e. The summed E-state index contributed by atoms with van der Waals surface area (Å²) < 4.78 is 8.07. The van der Waals surface area contributed by atoms with Crippen LogP contribution in [0.4, 0.5) is 4.79 Å². The van der Waals surface area contributed by atoms with Crippen molar-refractivity contribution in [3.63, 3.8) is 0 Å². The second-order valence-corrected chi connectivity index (χ2v) is 7.94. The van der Waals surface area contributed by atoms with E-state index in [1.165, 1.54) is 0 Å². The highest BCUT2D eigenvalue weighted by Crippen LogP contribution is 2.33. The van der Waals surface area contributed by atoms with Gasteiger partial charge in [0.15, 0.2) is 0 Å². The van der Waals surface area contributed by atoms with Gasteiger partial charge in [0.25, 0.3) is 0 Å². The highest BCUT2D eigenvalue weighted by molar-refractivity contribution is 5.70. The second-order valence-electron chi connectivity index (χ2n) is 7.94. The molecule has 2 saturated heterocycles. The maximum Gasteiger partial charge on any atom is 0.410 e. The van der Waals surface area contributed by atoms with E-state index in [1.54, 1.807) is 0 Å². The third-order valence-electron chi connectivity index (χ3n) is 5.47. The van der Waals surface area contributed by atoms with Gasteiger partial charge in [0.05, 0.1) is 13.1 Å². The molecule has 0 bridgehead atoms. The van der Waals surface area contributed by atoms with E-state index in [-0.39, 0.29) is 11.7 Å². The predicted octanol–water partition coefficient (Wildman–Crippen LogP) is 2.03. The average molecular weight is 364 g/mol. The third kappa shape index (κ3) is 4.57. The largest absolute Gasteiger partial charge is 0.441 e. The molecule has 0 N–H and O–H groups in total. The van der Waals surface area contributed by atoms with Gasteiger partial charge in [-0.25, -0.2) is 9.78 Å². The molecule has 0 saturated carbocycles. The van der Waals surface area contributed by atoms with Crippen LogP contribution in [0.15, 0.2) is 12.4 Å². The Hall–Kier alpha value is -1.60. The van der Waals surface area contributed by atoms with E-state index in [1.807, 2.05) is 11.1 Å². The zero-order valence-electron chi connectivity index (χ0n) is 16.5. The number of aromatic nitrogens is 2. The highest BCUT2D eigenvalue weighted by Gasteiger charge is 2.46. The molecular formula is C19H33N5O2. The summed E-state index contributed by atoms with van der Waals surface area (Å²) in [5, 5.41) is 0. The van der Waals surface area contributed by atoms with E-state index in [4.69, 9.17) is 4.74 Å².